The Labute approximate surface area is 222 Å². The second-order valence-electron chi connectivity index (χ2n) is 9.29. The van der Waals surface area contributed by atoms with Crippen LogP contribution in [-0.4, -0.2) is 80.3 Å². The number of carbonyl (C=O) groups excluding carboxylic acids is 4. The number of nitrogens with one attached hydrogen (secondary N) is 2. The van der Waals surface area contributed by atoms with E-state index in [-0.39, 0.29) is 39.5 Å². The highest BCUT2D eigenvalue weighted by atomic mass is 28.4. The van der Waals surface area contributed by atoms with Crippen LogP contribution in [0.1, 0.15) is 26.7 Å². The molecule has 0 aliphatic carbocycles. The number of rotatable bonds is 18. The van der Waals surface area contributed by atoms with Crippen LogP contribution in [0.4, 0.5) is 9.59 Å². The van der Waals surface area contributed by atoms with Gasteiger partial charge >= 0.3 is 24.1 Å². The summed E-state index contributed by atoms with van der Waals surface area (Å²) in [5.41, 5.74) is 0. The average molecular weight is 561 g/mol. The minimum atomic E-state index is -1.96. The highest BCUT2D eigenvalue weighted by Gasteiger charge is 2.32. The van der Waals surface area contributed by atoms with Gasteiger partial charge in [0.15, 0.2) is 16.6 Å². The minimum absolute atomic E-state index is 0.0791. The Balaban J connectivity index is 3.99. The van der Waals surface area contributed by atoms with E-state index in [0.29, 0.717) is 12.8 Å². The van der Waals surface area contributed by atoms with Gasteiger partial charge < -0.3 is 33.7 Å². The van der Waals surface area contributed by atoms with Crippen LogP contribution in [0.15, 0.2) is 24.3 Å². The van der Waals surface area contributed by atoms with Crippen molar-refractivity contribution in [1.29, 1.82) is 0 Å². The van der Waals surface area contributed by atoms with Crippen LogP contribution in [-0.2, 0) is 32.7 Å². The summed E-state index contributed by atoms with van der Waals surface area (Å²) in [5, 5.41) is 5.08. The molecule has 0 radical (unpaired) electrons. The van der Waals surface area contributed by atoms with Crippen LogP contribution in [0.3, 0.4) is 0 Å². The van der Waals surface area contributed by atoms with E-state index in [4.69, 9.17) is 23.1 Å². The second-order valence-corrected chi connectivity index (χ2v) is 18.1. The molecule has 0 aliphatic heterocycles. The molecule has 0 unspecified atom stereocenters. The SMILES string of the molecule is CC=CC(=O)OCCNC(=O)OCCC[Si](C)(C)O[Si](C)(C)CCCOC(=O)NCCOC(=O)C=CC. The van der Waals surface area contributed by atoms with Crippen molar-refractivity contribution in [1.82, 2.24) is 10.6 Å². The third-order valence-electron chi connectivity index (χ3n) is 4.70. The molecule has 0 fully saturated rings. The molecule has 0 aromatic heterocycles. The summed E-state index contributed by atoms with van der Waals surface area (Å²) in [4.78, 5) is 45.8. The van der Waals surface area contributed by atoms with E-state index in [9.17, 15) is 19.2 Å². The van der Waals surface area contributed by atoms with E-state index in [1.807, 2.05) is 0 Å². The van der Waals surface area contributed by atoms with Crippen molar-refractivity contribution < 1.29 is 42.2 Å². The Kier molecular flexibility index (Phi) is 18.1. The lowest BCUT2D eigenvalue weighted by Crippen LogP contribution is -2.44. The van der Waals surface area contributed by atoms with Gasteiger partial charge in [-0.2, -0.15) is 0 Å². The molecule has 0 aromatic rings. The summed E-state index contributed by atoms with van der Waals surface area (Å²) >= 11 is 0. The van der Waals surface area contributed by atoms with Gasteiger partial charge in [0.25, 0.3) is 0 Å². The van der Waals surface area contributed by atoms with Crippen LogP contribution < -0.4 is 10.6 Å². The van der Waals surface area contributed by atoms with Crippen molar-refractivity contribution in [3.05, 3.63) is 24.3 Å². The highest BCUT2D eigenvalue weighted by Crippen LogP contribution is 2.23. The molecular weight excluding hydrogens is 516 g/mol. The quantitative estimate of drug-likeness (QED) is 0.0840. The molecule has 0 heterocycles. The summed E-state index contributed by atoms with van der Waals surface area (Å²) in [7, 11) is -3.92. The Hall–Kier alpha value is -2.65. The molecule has 37 heavy (non-hydrogen) atoms. The normalized spacial score (nSPS) is 11.8. The number of esters is 2. The van der Waals surface area contributed by atoms with Crippen LogP contribution in [0.2, 0.25) is 38.3 Å². The van der Waals surface area contributed by atoms with Crippen molar-refractivity contribution in [2.75, 3.05) is 39.5 Å². The zero-order valence-corrected chi connectivity index (χ0v) is 25.1. The van der Waals surface area contributed by atoms with Gasteiger partial charge in [-0.25, -0.2) is 19.2 Å². The summed E-state index contributed by atoms with van der Waals surface area (Å²) in [6.07, 6.45) is 6.07. The molecule has 0 bridgehead atoms. The van der Waals surface area contributed by atoms with Gasteiger partial charge in [0, 0.05) is 12.2 Å². The lowest BCUT2D eigenvalue weighted by molar-refractivity contribution is -0.138. The fraction of sp³-hybridized carbons (Fsp3) is 0.667. The molecule has 212 valence electrons. The lowest BCUT2D eigenvalue weighted by atomic mass is 10.5. The first kappa shape index (κ1) is 34.4. The van der Waals surface area contributed by atoms with Gasteiger partial charge in [0.1, 0.15) is 13.2 Å². The molecule has 2 N–H and O–H groups in total. The number of allylic oxidation sites excluding steroid dienone is 2. The third-order valence-corrected chi connectivity index (χ3v) is 12.2. The van der Waals surface area contributed by atoms with E-state index in [0.717, 1.165) is 12.1 Å². The Morgan fingerprint density at radius 2 is 1.00 bits per heavy atom. The summed E-state index contributed by atoms with van der Waals surface area (Å²) in [6.45, 7) is 13.1. The first-order valence-electron chi connectivity index (χ1n) is 12.5. The monoisotopic (exact) mass is 560 g/mol. The zero-order valence-electron chi connectivity index (χ0n) is 23.1. The van der Waals surface area contributed by atoms with Crippen molar-refractivity contribution >= 4 is 40.8 Å². The molecule has 11 nitrogen and oxygen atoms in total. The predicted molar refractivity (Wildman–Crippen MR) is 145 cm³/mol. The number of hydrogen-bond acceptors (Lipinski definition) is 9. The van der Waals surface area contributed by atoms with E-state index >= 15 is 0 Å². The molecule has 0 saturated heterocycles. The van der Waals surface area contributed by atoms with Crippen LogP contribution in [0.5, 0.6) is 0 Å². The molecule has 0 saturated carbocycles. The fourth-order valence-corrected chi connectivity index (χ4v) is 12.0. The molecule has 2 amide bonds. The van der Waals surface area contributed by atoms with E-state index < -0.39 is 40.8 Å². The average Bonchev–Trinajstić information content (AvgIpc) is 2.80. The maximum atomic E-state index is 11.7. The number of alkyl carbamates (subject to hydrolysis) is 2. The van der Waals surface area contributed by atoms with Gasteiger partial charge in [0.05, 0.1) is 26.3 Å². The van der Waals surface area contributed by atoms with Gasteiger partial charge in [-0.15, -0.1) is 0 Å². The number of carbonyl (C=O) groups is 4. The molecule has 0 aliphatic rings. The Morgan fingerprint density at radius 3 is 1.35 bits per heavy atom. The Morgan fingerprint density at radius 1 is 0.622 bits per heavy atom. The maximum absolute atomic E-state index is 11.7. The van der Waals surface area contributed by atoms with E-state index in [1.54, 1.807) is 26.0 Å². The third kappa shape index (κ3) is 21.2. The number of hydrogen-bond donors (Lipinski definition) is 2. The fourth-order valence-electron chi connectivity index (χ4n) is 3.26. The summed E-state index contributed by atoms with van der Waals surface area (Å²) in [5.74, 6) is -0.905. The smallest absolute Gasteiger partial charge is 0.407 e. The number of ether oxygens (including phenoxy) is 4. The van der Waals surface area contributed by atoms with Gasteiger partial charge in [-0.1, -0.05) is 12.2 Å². The topological polar surface area (TPSA) is 138 Å². The largest absolute Gasteiger partial charge is 0.461 e. The molecule has 0 spiro atoms. The predicted octanol–water partition coefficient (Wildman–Crippen LogP) is 3.88. The van der Waals surface area contributed by atoms with E-state index in [2.05, 4.69) is 36.8 Å². The molecule has 0 aromatic carbocycles. The van der Waals surface area contributed by atoms with Crippen LogP contribution in [0.25, 0.3) is 0 Å². The first-order chi connectivity index (χ1) is 17.4. The van der Waals surface area contributed by atoms with Crippen molar-refractivity contribution in [3.8, 4) is 0 Å². The second kappa shape index (κ2) is 19.5. The van der Waals surface area contributed by atoms with Gasteiger partial charge in [0.2, 0.25) is 0 Å². The van der Waals surface area contributed by atoms with Crippen LogP contribution in [0, 0.1) is 0 Å². The number of amides is 2. The molecular formula is C24H44N2O9Si2. The van der Waals surface area contributed by atoms with Crippen LogP contribution >= 0.6 is 0 Å². The maximum Gasteiger partial charge on any atom is 0.407 e. The van der Waals surface area contributed by atoms with Gasteiger partial charge in [-0.3, -0.25) is 0 Å². The van der Waals surface area contributed by atoms with Crippen molar-refractivity contribution in [2.24, 2.45) is 0 Å². The van der Waals surface area contributed by atoms with Gasteiger partial charge in [-0.05, 0) is 65.0 Å². The van der Waals surface area contributed by atoms with E-state index in [1.165, 1.54) is 12.2 Å². The standard InChI is InChI=1S/C24H44N2O9Si2/c1-7-11-21(27)31-17-13-25-23(29)33-15-9-19-36(3,4)35-37(5,6)20-10-16-34-24(30)26-14-18-32-22(28)12-8-2/h7-8,11-12H,9-10,13-20H2,1-6H3,(H,25,29)(H,26,30). The Bertz CT molecular complexity index is 709. The van der Waals surface area contributed by atoms with Crippen molar-refractivity contribution in [3.63, 3.8) is 0 Å². The van der Waals surface area contributed by atoms with Crippen molar-refractivity contribution in [2.45, 2.75) is 65.0 Å². The highest BCUT2D eigenvalue weighted by molar-refractivity contribution is 6.84. The summed E-state index contributed by atoms with van der Waals surface area (Å²) < 4.78 is 26.7. The molecule has 13 heteroatoms. The zero-order chi connectivity index (χ0) is 28.2. The molecule has 0 atom stereocenters. The lowest BCUT2D eigenvalue weighted by Gasteiger charge is -2.34. The first-order valence-corrected chi connectivity index (χ1v) is 18.7. The molecule has 0 rings (SSSR count). The minimum Gasteiger partial charge on any atom is -0.461 e. The summed E-state index contributed by atoms with van der Waals surface area (Å²) in [6, 6.07) is 1.68.